The molecule has 0 bridgehead atoms. The normalized spacial score (nSPS) is 9.53. The fourth-order valence-electron chi connectivity index (χ4n) is 1.08. The summed E-state index contributed by atoms with van der Waals surface area (Å²) >= 11 is 0. The van der Waals surface area contributed by atoms with Crippen molar-refractivity contribution in [2.75, 3.05) is 25.5 Å². The summed E-state index contributed by atoms with van der Waals surface area (Å²) in [6, 6.07) is 0. The third kappa shape index (κ3) is 4.06. The summed E-state index contributed by atoms with van der Waals surface area (Å²) in [5, 5.41) is 7.79. The molecule has 0 atom stereocenters. The molecule has 0 saturated heterocycles. The molecule has 0 aliphatic heterocycles. The van der Waals surface area contributed by atoms with Crippen LogP contribution in [-0.4, -0.2) is 41.9 Å². The summed E-state index contributed by atoms with van der Waals surface area (Å²) < 4.78 is 0. The fourth-order valence-corrected chi connectivity index (χ4v) is 1.08. The smallest absolute Gasteiger partial charge is 0.272 e. The van der Waals surface area contributed by atoms with Gasteiger partial charge in [-0.15, -0.1) is 0 Å². The van der Waals surface area contributed by atoms with E-state index in [0.717, 1.165) is 0 Å². The molecule has 7 nitrogen and oxygen atoms in total. The highest BCUT2D eigenvalue weighted by atomic mass is 16.2. The van der Waals surface area contributed by atoms with Gasteiger partial charge in [0.05, 0.1) is 18.9 Å². The molecule has 1 aromatic heterocycles. The highest BCUT2D eigenvalue weighted by molar-refractivity contribution is 5.94. The second-order valence-corrected chi connectivity index (χ2v) is 3.18. The molecule has 17 heavy (non-hydrogen) atoms. The van der Waals surface area contributed by atoms with E-state index in [0.29, 0.717) is 12.4 Å². The number of carbonyl (C=O) groups excluding carboxylic acids is 2. The maximum atomic E-state index is 11.6. The number of hydrogen-bond donors (Lipinski definition) is 3. The maximum absolute atomic E-state index is 11.6. The van der Waals surface area contributed by atoms with Crippen molar-refractivity contribution in [3.63, 3.8) is 0 Å². The number of likely N-dealkylation sites (N-methyl/N-ethyl adjacent to an activating group) is 1. The molecule has 0 spiro atoms. The Balaban J connectivity index is 2.62. The van der Waals surface area contributed by atoms with Crippen molar-refractivity contribution in [2.45, 2.75) is 6.92 Å². The number of amides is 2. The van der Waals surface area contributed by atoms with Crippen molar-refractivity contribution in [3.05, 3.63) is 18.1 Å². The third-order valence-electron chi connectivity index (χ3n) is 1.91. The van der Waals surface area contributed by atoms with Crippen LogP contribution >= 0.6 is 0 Å². The number of aromatic nitrogens is 2. The quantitative estimate of drug-likeness (QED) is 0.634. The van der Waals surface area contributed by atoms with E-state index in [1.807, 2.05) is 6.92 Å². The van der Waals surface area contributed by atoms with Crippen molar-refractivity contribution in [3.8, 4) is 0 Å². The summed E-state index contributed by atoms with van der Waals surface area (Å²) in [5.41, 5.74) is 0.173. The number of anilines is 1. The predicted molar refractivity (Wildman–Crippen MR) is 62.6 cm³/mol. The second kappa shape index (κ2) is 6.41. The Kier molecular flexibility index (Phi) is 4.86. The molecule has 0 aliphatic rings. The van der Waals surface area contributed by atoms with Crippen molar-refractivity contribution >= 4 is 17.6 Å². The van der Waals surface area contributed by atoms with Gasteiger partial charge in [0.25, 0.3) is 5.91 Å². The first-order chi connectivity index (χ1) is 8.17. The van der Waals surface area contributed by atoms with Crippen molar-refractivity contribution in [1.29, 1.82) is 0 Å². The summed E-state index contributed by atoms with van der Waals surface area (Å²) in [5.74, 6) is -0.171. The Labute approximate surface area is 99.0 Å². The summed E-state index contributed by atoms with van der Waals surface area (Å²) in [6.45, 7) is 2.53. The third-order valence-corrected chi connectivity index (χ3v) is 1.91. The highest BCUT2D eigenvalue weighted by Gasteiger charge is 2.09. The number of carbonyl (C=O) groups is 2. The average Bonchev–Trinajstić information content (AvgIpc) is 2.36. The first-order valence-corrected chi connectivity index (χ1v) is 5.22. The van der Waals surface area contributed by atoms with Crippen molar-refractivity contribution in [1.82, 2.24) is 20.6 Å². The van der Waals surface area contributed by atoms with Crippen LogP contribution in [0.4, 0.5) is 5.82 Å². The zero-order valence-corrected chi connectivity index (χ0v) is 9.78. The molecular weight excluding hydrogens is 222 g/mol. The van der Waals surface area contributed by atoms with Gasteiger partial charge in [0, 0.05) is 13.6 Å². The van der Waals surface area contributed by atoms with E-state index < -0.39 is 5.91 Å². The van der Waals surface area contributed by atoms with E-state index in [1.54, 1.807) is 0 Å². The molecule has 0 saturated carbocycles. The zero-order chi connectivity index (χ0) is 12.7. The topological polar surface area (TPSA) is 96.0 Å². The minimum Gasteiger partial charge on any atom is -0.369 e. The Hall–Kier alpha value is -2.18. The lowest BCUT2D eigenvalue weighted by molar-refractivity contribution is -0.119. The van der Waals surface area contributed by atoms with E-state index in [-0.39, 0.29) is 18.1 Å². The summed E-state index contributed by atoms with van der Waals surface area (Å²) in [7, 11) is 1.50. The van der Waals surface area contributed by atoms with Crippen LogP contribution in [0.1, 0.15) is 17.4 Å². The van der Waals surface area contributed by atoms with Crippen LogP contribution < -0.4 is 16.0 Å². The summed E-state index contributed by atoms with van der Waals surface area (Å²) in [6.07, 6.45) is 2.87. The van der Waals surface area contributed by atoms with Gasteiger partial charge in [-0.05, 0) is 6.92 Å². The van der Waals surface area contributed by atoms with E-state index in [4.69, 9.17) is 0 Å². The Bertz CT molecular complexity index is 407. The molecule has 2 amide bonds. The van der Waals surface area contributed by atoms with E-state index in [2.05, 4.69) is 25.9 Å². The van der Waals surface area contributed by atoms with Gasteiger partial charge in [-0.1, -0.05) is 0 Å². The lowest BCUT2D eigenvalue weighted by Gasteiger charge is -2.05. The molecule has 1 heterocycles. The SMILES string of the molecule is CCNc1cncc(C(=O)NCC(=O)NC)n1. The molecular formula is C10H15N5O2. The molecule has 0 radical (unpaired) electrons. The van der Waals surface area contributed by atoms with Gasteiger partial charge in [0.2, 0.25) is 5.91 Å². The fraction of sp³-hybridized carbons (Fsp3) is 0.400. The molecule has 3 N–H and O–H groups in total. The minimum atomic E-state index is -0.430. The lowest BCUT2D eigenvalue weighted by Crippen LogP contribution is -2.35. The molecule has 1 aromatic rings. The molecule has 7 heteroatoms. The maximum Gasteiger partial charge on any atom is 0.272 e. The Morgan fingerprint density at radius 2 is 2.12 bits per heavy atom. The number of nitrogens with zero attached hydrogens (tertiary/aromatic N) is 2. The first kappa shape index (κ1) is 12.9. The molecule has 92 valence electrons. The van der Waals surface area contributed by atoms with Gasteiger partial charge < -0.3 is 16.0 Å². The van der Waals surface area contributed by atoms with Gasteiger partial charge in [0.1, 0.15) is 11.5 Å². The first-order valence-electron chi connectivity index (χ1n) is 5.22. The van der Waals surface area contributed by atoms with Gasteiger partial charge in [0.15, 0.2) is 0 Å². The molecule has 0 unspecified atom stereocenters. The van der Waals surface area contributed by atoms with Crippen LogP contribution in [0.15, 0.2) is 12.4 Å². The monoisotopic (exact) mass is 237 g/mol. The molecule has 0 aromatic carbocycles. The predicted octanol–water partition coefficient (Wildman–Crippen LogP) is -0.616. The standard InChI is InChI=1S/C10H15N5O2/c1-3-13-8-5-12-4-7(15-8)10(17)14-6-9(16)11-2/h4-5H,3,6H2,1-2H3,(H,11,16)(H,13,15)(H,14,17). The van der Waals surface area contributed by atoms with Crippen LogP contribution in [0.25, 0.3) is 0 Å². The zero-order valence-electron chi connectivity index (χ0n) is 9.78. The van der Waals surface area contributed by atoms with Gasteiger partial charge >= 0.3 is 0 Å². The van der Waals surface area contributed by atoms with Crippen LogP contribution in [0.5, 0.6) is 0 Å². The highest BCUT2D eigenvalue weighted by Crippen LogP contribution is 2.01. The molecule has 0 fully saturated rings. The van der Waals surface area contributed by atoms with Gasteiger partial charge in [-0.3, -0.25) is 14.6 Å². The number of hydrogen-bond acceptors (Lipinski definition) is 5. The van der Waals surface area contributed by atoms with Gasteiger partial charge in [-0.2, -0.15) is 0 Å². The summed E-state index contributed by atoms with van der Waals surface area (Å²) in [4.78, 5) is 30.5. The van der Waals surface area contributed by atoms with Gasteiger partial charge in [-0.25, -0.2) is 4.98 Å². The number of nitrogens with one attached hydrogen (secondary N) is 3. The van der Waals surface area contributed by atoms with Crippen molar-refractivity contribution < 1.29 is 9.59 Å². The largest absolute Gasteiger partial charge is 0.369 e. The second-order valence-electron chi connectivity index (χ2n) is 3.18. The van der Waals surface area contributed by atoms with Crippen molar-refractivity contribution in [2.24, 2.45) is 0 Å². The van der Waals surface area contributed by atoms with Crippen LogP contribution in [0, 0.1) is 0 Å². The molecule has 0 aliphatic carbocycles. The average molecular weight is 237 g/mol. The van der Waals surface area contributed by atoms with Crippen LogP contribution in [-0.2, 0) is 4.79 Å². The van der Waals surface area contributed by atoms with Crippen LogP contribution in [0.2, 0.25) is 0 Å². The lowest BCUT2D eigenvalue weighted by atomic mass is 10.4. The Morgan fingerprint density at radius 3 is 2.76 bits per heavy atom. The van der Waals surface area contributed by atoms with E-state index in [1.165, 1.54) is 19.4 Å². The van der Waals surface area contributed by atoms with E-state index in [9.17, 15) is 9.59 Å². The number of rotatable bonds is 5. The minimum absolute atomic E-state index is 0.0809. The Morgan fingerprint density at radius 1 is 1.35 bits per heavy atom. The van der Waals surface area contributed by atoms with E-state index >= 15 is 0 Å². The van der Waals surface area contributed by atoms with Crippen LogP contribution in [0.3, 0.4) is 0 Å². The molecule has 1 rings (SSSR count).